The molecule has 0 saturated heterocycles. The van der Waals surface area contributed by atoms with E-state index in [0.717, 1.165) is 10.1 Å². The molecule has 2 aromatic heterocycles. The lowest BCUT2D eigenvalue weighted by atomic mass is 10.2. The summed E-state index contributed by atoms with van der Waals surface area (Å²) >= 11 is 7.12. The van der Waals surface area contributed by atoms with Crippen molar-refractivity contribution in [2.24, 2.45) is 0 Å². The van der Waals surface area contributed by atoms with Crippen molar-refractivity contribution >= 4 is 50.3 Å². The lowest BCUT2D eigenvalue weighted by molar-refractivity contribution is 0.103. The Labute approximate surface area is 124 Å². The van der Waals surface area contributed by atoms with E-state index in [2.05, 4.69) is 10.3 Å². The number of nitrogens with zero attached hydrogens (tertiary/aromatic N) is 1. The number of carbonyl (C=O) groups is 1. The number of nitrogens with one attached hydrogen (secondary N) is 1. The van der Waals surface area contributed by atoms with E-state index in [4.69, 9.17) is 17.3 Å². The van der Waals surface area contributed by atoms with E-state index < -0.39 is 0 Å². The molecular weight excluding hydrogens is 294 g/mol. The Morgan fingerprint density at radius 2 is 2.10 bits per heavy atom. The predicted molar refractivity (Wildman–Crippen MR) is 83.4 cm³/mol. The normalized spacial score (nSPS) is 10.7. The van der Waals surface area contributed by atoms with E-state index in [9.17, 15) is 4.79 Å². The number of halogens is 1. The van der Waals surface area contributed by atoms with Gasteiger partial charge in [0.2, 0.25) is 0 Å². The second-order valence-corrected chi connectivity index (χ2v) is 5.70. The fraction of sp³-hybridized carbons (Fsp3) is 0. The second kappa shape index (κ2) is 5.11. The number of nitrogens with two attached hydrogens (primary N) is 1. The molecule has 6 heteroatoms. The Bertz CT molecular complexity index is 783. The van der Waals surface area contributed by atoms with Crippen LogP contribution in [0.5, 0.6) is 0 Å². The van der Waals surface area contributed by atoms with Crippen molar-refractivity contribution in [2.75, 3.05) is 11.1 Å². The van der Waals surface area contributed by atoms with Crippen LogP contribution in [-0.4, -0.2) is 10.9 Å². The van der Waals surface area contributed by atoms with Crippen LogP contribution in [-0.2, 0) is 0 Å². The van der Waals surface area contributed by atoms with Gasteiger partial charge in [-0.3, -0.25) is 4.79 Å². The first-order valence-corrected chi connectivity index (χ1v) is 7.03. The Balaban J connectivity index is 1.86. The summed E-state index contributed by atoms with van der Waals surface area (Å²) in [6.45, 7) is 0. The van der Waals surface area contributed by atoms with E-state index in [1.54, 1.807) is 12.1 Å². The molecule has 0 aliphatic rings. The number of nitrogen functional groups attached to an aromatic ring is 1. The largest absolute Gasteiger partial charge is 0.399 e. The number of amides is 1. The fourth-order valence-corrected chi connectivity index (χ4v) is 2.87. The summed E-state index contributed by atoms with van der Waals surface area (Å²) < 4.78 is 1.03. The predicted octanol–water partition coefficient (Wildman–Crippen LogP) is 3.78. The Morgan fingerprint density at radius 3 is 2.85 bits per heavy atom. The molecule has 20 heavy (non-hydrogen) atoms. The average Bonchev–Trinajstić information content (AvgIpc) is 2.84. The zero-order valence-corrected chi connectivity index (χ0v) is 11.8. The maximum atomic E-state index is 12.2. The third-order valence-electron chi connectivity index (χ3n) is 2.75. The minimum atomic E-state index is -0.172. The molecular formula is C14H10ClN3OS. The van der Waals surface area contributed by atoms with Gasteiger partial charge in [0.15, 0.2) is 0 Å². The number of carbonyl (C=O) groups excluding carboxylic acids is 1. The smallest absolute Gasteiger partial charge is 0.265 e. The Morgan fingerprint density at radius 1 is 1.25 bits per heavy atom. The Hall–Kier alpha value is -2.11. The lowest BCUT2D eigenvalue weighted by Gasteiger charge is -2.02. The van der Waals surface area contributed by atoms with Crippen molar-refractivity contribution < 1.29 is 4.79 Å². The summed E-state index contributed by atoms with van der Waals surface area (Å²) in [5.74, 6) is -0.172. The molecule has 0 atom stereocenters. The van der Waals surface area contributed by atoms with Crippen LogP contribution in [0, 0.1) is 0 Å². The molecule has 4 nitrogen and oxygen atoms in total. The van der Waals surface area contributed by atoms with Gasteiger partial charge in [0.05, 0.1) is 16.8 Å². The highest BCUT2D eigenvalue weighted by molar-refractivity contribution is 7.20. The number of hydrogen-bond donors (Lipinski definition) is 2. The van der Waals surface area contributed by atoms with Crippen LogP contribution in [0.3, 0.4) is 0 Å². The van der Waals surface area contributed by atoms with Gasteiger partial charge in [-0.1, -0.05) is 11.6 Å². The third kappa shape index (κ3) is 2.59. The van der Waals surface area contributed by atoms with Crippen LogP contribution in [0.25, 0.3) is 10.1 Å². The summed E-state index contributed by atoms with van der Waals surface area (Å²) in [6, 6.07) is 10.8. The minimum absolute atomic E-state index is 0.172. The van der Waals surface area contributed by atoms with Crippen LogP contribution >= 0.6 is 22.9 Å². The van der Waals surface area contributed by atoms with E-state index in [1.165, 1.54) is 17.5 Å². The van der Waals surface area contributed by atoms with Crippen LogP contribution in [0.2, 0.25) is 5.15 Å². The molecule has 1 amide bonds. The van der Waals surface area contributed by atoms with Crippen molar-refractivity contribution in [1.82, 2.24) is 4.98 Å². The van der Waals surface area contributed by atoms with Crippen LogP contribution < -0.4 is 11.1 Å². The van der Waals surface area contributed by atoms with Crippen molar-refractivity contribution in [3.05, 3.63) is 52.6 Å². The standard InChI is InChI=1S/C14H10ClN3OS/c15-13-4-2-10(7-17-13)18-14(19)12-6-8-5-9(16)1-3-11(8)20-12/h1-7H,16H2,(H,18,19). The van der Waals surface area contributed by atoms with E-state index in [1.807, 2.05) is 24.3 Å². The molecule has 0 radical (unpaired) electrons. The highest BCUT2D eigenvalue weighted by Gasteiger charge is 2.10. The number of benzene rings is 1. The molecule has 0 unspecified atom stereocenters. The molecule has 2 heterocycles. The summed E-state index contributed by atoms with van der Waals surface area (Å²) in [5, 5.41) is 4.14. The topological polar surface area (TPSA) is 68.0 Å². The van der Waals surface area contributed by atoms with Gasteiger partial charge in [-0.15, -0.1) is 11.3 Å². The van der Waals surface area contributed by atoms with Gasteiger partial charge in [0, 0.05) is 10.4 Å². The van der Waals surface area contributed by atoms with Gasteiger partial charge in [-0.25, -0.2) is 4.98 Å². The van der Waals surface area contributed by atoms with Gasteiger partial charge in [-0.05, 0) is 41.8 Å². The molecule has 0 bridgehead atoms. The average molecular weight is 304 g/mol. The number of hydrogen-bond acceptors (Lipinski definition) is 4. The minimum Gasteiger partial charge on any atom is -0.399 e. The van der Waals surface area contributed by atoms with Crippen molar-refractivity contribution in [3.8, 4) is 0 Å². The number of rotatable bonds is 2. The van der Waals surface area contributed by atoms with Gasteiger partial charge in [-0.2, -0.15) is 0 Å². The van der Waals surface area contributed by atoms with Gasteiger partial charge >= 0.3 is 0 Å². The molecule has 0 fully saturated rings. The number of fused-ring (bicyclic) bond motifs is 1. The molecule has 0 aliphatic carbocycles. The van der Waals surface area contributed by atoms with Crippen molar-refractivity contribution in [3.63, 3.8) is 0 Å². The summed E-state index contributed by atoms with van der Waals surface area (Å²) in [5.41, 5.74) is 7.02. The number of thiophene rings is 1. The third-order valence-corrected chi connectivity index (χ3v) is 4.09. The van der Waals surface area contributed by atoms with Crippen LogP contribution in [0.1, 0.15) is 9.67 Å². The van der Waals surface area contributed by atoms with E-state index in [-0.39, 0.29) is 5.91 Å². The first-order valence-electron chi connectivity index (χ1n) is 5.84. The van der Waals surface area contributed by atoms with E-state index >= 15 is 0 Å². The lowest BCUT2D eigenvalue weighted by Crippen LogP contribution is -2.10. The van der Waals surface area contributed by atoms with Crippen LogP contribution in [0.15, 0.2) is 42.6 Å². The first kappa shape index (κ1) is 12.9. The van der Waals surface area contributed by atoms with Gasteiger partial charge in [0.25, 0.3) is 5.91 Å². The van der Waals surface area contributed by atoms with E-state index in [0.29, 0.717) is 21.4 Å². The maximum Gasteiger partial charge on any atom is 0.265 e. The molecule has 100 valence electrons. The molecule has 3 aromatic rings. The summed E-state index contributed by atoms with van der Waals surface area (Å²) in [7, 11) is 0. The van der Waals surface area contributed by atoms with Crippen molar-refractivity contribution in [2.45, 2.75) is 0 Å². The SMILES string of the molecule is Nc1ccc2sc(C(=O)Nc3ccc(Cl)nc3)cc2c1. The monoisotopic (exact) mass is 303 g/mol. The summed E-state index contributed by atoms with van der Waals surface area (Å²) in [6.07, 6.45) is 1.52. The molecule has 0 saturated carbocycles. The highest BCUT2D eigenvalue weighted by atomic mass is 35.5. The highest BCUT2D eigenvalue weighted by Crippen LogP contribution is 2.27. The number of anilines is 2. The summed E-state index contributed by atoms with van der Waals surface area (Å²) in [4.78, 5) is 16.7. The van der Waals surface area contributed by atoms with Crippen molar-refractivity contribution in [1.29, 1.82) is 0 Å². The fourth-order valence-electron chi connectivity index (χ4n) is 1.82. The van der Waals surface area contributed by atoms with Gasteiger partial charge < -0.3 is 11.1 Å². The number of pyridine rings is 1. The number of aromatic nitrogens is 1. The molecule has 1 aromatic carbocycles. The molecule has 3 rings (SSSR count). The van der Waals surface area contributed by atoms with Gasteiger partial charge in [0.1, 0.15) is 5.15 Å². The molecule has 0 spiro atoms. The maximum absolute atomic E-state index is 12.2. The zero-order chi connectivity index (χ0) is 14.1. The first-order chi connectivity index (χ1) is 9.61. The molecule has 3 N–H and O–H groups in total. The zero-order valence-electron chi connectivity index (χ0n) is 10.3. The quantitative estimate of drug-likeness (QED) is 0.559. The van der Waals surface area contributed by atoms with Crippen LogP contribution in [0.4, 0.5) is 11.4 Å². The molecule has 0 aliphatic heterocycles. The second-order valence-electron chi connectivity index (χ2n) is 4.23. The Kier molecular flexibility index (Phi) is 3.30.